The fraction of sp³-hybridized carbons (Fsp3) is 0.385. The molecule has 0 aromatic heterocycles. The first-order chi connectivity index (χ1) is 9.88. The Hall–Kier alpha value is -2.64. The Kier molecular flexibility index (Phi) is 4.06. The molecule has 1 aliphatic rings. The summed E-state index contributed by atoms with van der Waals surface area (Å²) >= 11 is 0. The third kappa shape index (κ3) is 3.28. The van der Waals surface area contributed by atoms with Gasteiger partial charge in [-0.3, -0.25) is 19.7 Å². The van der Waals surface area contributed by atoms with Crippen LogP contribution in [0.1, 0.15) is 16.8 Å². The topological polar surface area (TPSA) is 105 Å². The number of amides is 2. The molecule has 0 aliphatic carbocycles. The van der Waals surface area contributed by atoms with Gasteiger partial charge >= 0.3 is 0 Å². The van der Waals surface area contributed by atoms with E-state index in [9.17, 15) is 19.7 Å². The summed E-state index contributed by atoms with van der Waals surface area (Å²) in [5.41, 5.74) is 0.476. The molecule has 0 radical (unpaired) electrons. The number of nitro benzene ring substituents is 1. The average molecular weight is 292 g/mol. The summed E-state index contributed by atoms with van der Waals surface area (Å²) in [4.78, 5) is 35.0. The number of benzene rings is 1. The second-order valence-corrected chi connectivity index (χ2v) is 5.04. The van der Waals surface area contributed by atoms with Crippen molar-refractivity contribution in [2.24, 2.45) is 0 Å². The first-order valence-electron chi connectivity index (χ1n) is 6.42. The molecular formula is C13H16N4O4. The molecule has 0 bridgehead atoms. The first kappa shape index (κ1) is 14.8. The summed E-state index contributed by atoms with van der Waals surface area (Å²) in [6.45, 7) is 0.405. The van der Waals surface area contributed by atoms with E-state index in [1.807, 2.05) is 0 Å². The van der Waals surface area contributed by atoms with Gasteiger partial charge in [0.2, 0.25) is 5.91 Å². The van der Waals surface area contributed by atoms with E-state index in [-0.39, 0.29) is 35.7 Å². The van der Waals surface area contributed by atoms with Crippen molar-refractivity contribution in [2.45, 2.75) is 12.5 Å². The van der Waals surface area contributed by atoms with E-state index in [0.29, 0.717) is 12.1 Å². The van der Waals surface area contributed by atoms with Crippen LogP contribution in [0.4, 0.5) is 11.4 Å². The number of nitrogens with zero attached hydrogens (tertiary/aromatic N) is 2. The fourth-order valence-electron chi connectivity index (χ4n) is 2.13. The van der Waals surface area contributed by atoms with Crippen LogP contribution in [0.5, 0.6) is 0 Å². The van der Waals surface area contributed by atoms with Crippen molar-refractivity contribution >= 4 is 23.2 Å². The highest BCUT2D eigenvalue weighted by atomic mass is 16.6. The largest absolute Gasteiger partial charge is 0.374 e. The maximum atomic E-state index is 11.9. The third-order valence-electron chi connectivity index (χ3n) is 3.18. The zero-order valence-electron chi connectivity index (χ0n) is 11.8. The molecule has 2 rings (SSSR count). The summed E-state index contributed by atoms with van der Waals surface area (Å²) in [5, 5.41) is 16.7. The lowest BCUT2D eigenvalue weighted by Gasteiger charge is -2.15. The number of carbonyl (C=O) groups excluding carboxylic acids is 2. The predicted molar refractivity (Wildman–Crippen MR) is 76.2 cm³/mol. The van der Waals surface area contributed by atoms with E-state index in [1.165, 1.54) is 23.1 Å². The van der Waals surface area contributed by atoms with Gasteiger partial charge in [0.05, 0.1) is 11.0 Å². The zero-order chi connectivity index (χ0) is 15.6. The summed E-state index contributed by atoms with van der Waals surface area (Å²) in [7, 11) is 3.22. The molecule has 112 valence electrons. The van der Waals surface area contributed by atoms with Crippen LogP contribution in [0.3, 0.4) is 0 Å². The molecule has 8 nitrogen and oxygen atoms in total. The third-order valence-corrected chi connectivity index (χ3v) is 3.18. The minimum absolute atomic E-state index is 0.101. The van der Waals surface area contributed by atoms with E-state index in [2.05, 4.69) is 10.6 Å². The van der Waals surface area contributed by atoms with Gasteiger partial charge in [-0.2, -0.15) is 0 Å². The summed E-state index contributed by atoms with van der Waals surface area (Å²) in [6.07, 6.45) is 0.253. The van der Waals surface area contributed by atoms with E-state index in [4.69, 9.17) is 0 Å². The lowest BCUT2D eigenvalue weighted by Crippen LogP contribution is -2.24. The van der Waals surface area contributed by atoms with Crippen molar-refractivity contribution < 1.29 is 14.5 Å². The van der Waals surface area contributed by atoms with Crippen LogP contribution in [0.15, 0.2) is 18.2 Å². The van der Waals surface area contributed by atoms with Crippen LogP contribution in [-0.2, 0) is 4.79 Å². The molecule has 21 heavy (non-hydrogen) atoms. The highest BCUT2D eigenvalue weighted by Crippen LogP contribution is 2.27. The molecule has 1 atom stereocenters. The summed E-state index contributed by atoms with van der Waals surface area (Å²) in [5.74, 6) is -0.343. The number of nitrogens with one attached hydrogen (secondary N) is 2. The van der Waals surface area contributed by atoms with Gasteiger partial charge in [-0.1, -0.05) is 0 Å². The Bertz CT molecular complexity index is 600. The van der Waals surface area contributed by atoms with Crippen LogP contribution in [0.2, 0.25) is 0 Å². The summed E-state index contributed by atoms with van der Waals surface area (Å²) in [6, 6.07) is 3.94. The Balaban J connectivity index is 2.31. The van der Waals surface area contributed by atoms with Gasteiger partial charge in [-0.25, -0.2) is 0 Å². The quantitative estimate of drug-likeness (QED) is 0.624. The van der Waals surface area contributed by atoms with Crippen LogP contribution < -0.4 is 10.6 Å². The standard InChI is InChI=1S/C13H16N4O4/c1-16(2)13(19)8-3-4-11(17(20)21)10(5-8)15-9-6-12(18)14-7-9/h3-5,9,15H,6-7H2,1-2H3,(H,14,18). The molecule has 1 unspecified atom stereocenters. The maximum Gasteiger partial charge on any atom is 0.292 e. The van der Waals surface area contributed by atoms with Crippen molar-refractivity contribution in [3.05, 3.63) is 33.9 Å². The van der Waals surface area contributed by atoms with Gasteiger partial charge in [0.1, 0.15) is 5.69 Å². The Morgan fingerprint density at radius 1 is 1.48 bits per heavy atom. The van der Waals surface area contributed by atoms with Crippen molar-refractivity contribution in [3.8, 4) is 0 Å². The number of hydrogen-bond acceptors (Lipinski definition) is 5. The fourth-order valence-corrected chi connectivity index (χ4v) is 2.13. The number of hydrogen-bond donors (Lipinski definition) is 2. The van der Waals surface area contributed by atoms with Gasteiger partial charge in [0.25, 0.3) is 11.6 Å². The van der Waals surface area contributed by atoms with Crippen LogP contribution in [0, 0.1) is 10.1 Å². The van der Waals surface area contributed by atoms with E-state index in [0.717, 1.165) is 0 Å². The number of nitro groups is 1. The second kappa shape index (κ2) is 5.78. The molecule has 1 aromatic rings. The molecule has 1 fully saturated rings. The maximum absolute atomic E-state index is 11.9. The monoisotopic (exact) mass is 292 g/mol. The van der Waals surface area contributed by atoms with Crippen molar-refractivity contribution in [3.63, 3.8) is 0 Å². The predicted octanol–water partition coefficient (Wildman–Crippen LogP) is 0.597. The Morgan fingerprint density at radius 3 is 2.71 bits per heavy atom. The molecule has 8 heteroatoms. The van der Waals surface area contributed by atoms with Crippen LogP contribution in [0.25, 0.3) is 0 Å². The van der Waals surface area contributed by atoms with E-state index >= 15 is 0 Å². The average Bonchev–Trinajstić information content (AvgIpc) is 2.82. The Morgan fingerprint density at radius 2 is 2.19 bits per heavy atom. The van der Waals surface area contributed by atoms with Crippen LogP contribution in [-0.4, -0.2) is 48.3 Å². The van der Waals surface area contributed by atoms with Crippen molar-refractivity contribution in [1.29, 1.82) is 0 Å². The second-order valence-electron chi connectivity index (χ2n) is 5.04. The van der Waals surface area contributed by atoms with Crippen molar-refractivity contribution in [1.82, 2.24) is 10.2 Å². The van der Waals surface area contributed by atoms with Gasteiger partial charge in [-0.15, -0.1) is 0 Å². The molecule has 1 aromatic carbocycles. The van der Waals surface area contributed by atoms with Crippen molar-refractivity contribution in [2.75, 3.05) is 26.0 Å². The van der Waals surface area contributed by atoms with Gasteiger partial charge in [0, 0.05) is 38.7 Å². The molecule has 1 heterocycles. The molecule has 1 saturated heterocycles. The Labute approximate surface area is 121 Å². The minimum Gasteiger partial charge on any atom is -0.374 e. The smallest absolute Gasteiger partial charge is 0.292 e. The van der Waals surface area contributed by atoms with Crippen LogP contribution >= 0.6 is 0 Å². The lowest BCUT2D eigenvalue weighted by atomic mass is 10.1. The number of rotatable bonds is 4. The normalized spacial score (nSPS) is 17.2. The number of carbonyl (C=O) groups is 2. The molecule has 2 amide bonds. The highest BCUT2D eigenvalue weighted by molar-refractivity contribution is 5.95. The SMILES string of the molecule is CN(C)C(=O)c1ccc([N+](=O)[O-])c(NC2CNC(=O)C2)c1. The van der Waals surface area contributed by atoms with E-state index < -0.39 is 4.92 Å². The lowest BCUT2D eigenvalue weighted by molar-refractivity contribution is -0.384. The minimum atomic E-state index is -0.517. The molecular weight excluding hydrogens is 276 g/mol. The molecule has 0 saturated carbocycles. The van der Waals surface area contributed by atoms with Gasteiger partial charge in [-0.05, 0) is 12.1 Å². The number of anilines is 1. The highest BCUT2D eigenvalue weighted by Gasteiger charge is 2.25. The molecule has 2 N–H and O–H groups in total. The first-order valence-corrected chi connectivity index (χ1v) is 6.42. The van der Waals surface area contributed by atoms with Gasteiger partial charge < -0.3 is 15.5 Å². The molecule has 1 aliphatic heterocycles. The zero-order valence-corrected chi connectivity index (χ0v) is 11.8. The molecule has 0 spiro atoms. The van der Waals surface area contributed by atoms with Gasteiger partial charge in [0.15, 0.2) is 0 Å². The summed E-state index contributed by atoms with van der Waals surface area (Å²) < 4.78 is 0. The van der Waals surface area contributed by atoms with E-state index in [1.54, 1.807) is 14.1 Å².